The fourth-order valence-electron chi connectivity index (χ4n) is 3.41. The molecule has 1 rings (SSSR count). The monoisotopic (exact) mass is 296 g/mol. The van der Waals surface area contributed by atoms with Gasteiger partial charge in [-0.25, -0.2) is 0 Å². The second-order valence-corrected chi connectivity index (χ2v) is 9.12. The van der Waals surface area contributed by atoms with E-state index in [4.69, 9.17) is 0 Å². The maximum atomic E-state index is 3.81. The Kier molecular flexibility index (Phi) is 7.19. The average Bonchev–Trinajstić information content (AvgIpc) is 2.36. The first-order chi connectivity index (χ1) is 9.66. The Balaban J connectivity index is 2.57. The lowest BCUT2D eigenvalue weighted by atomic mass is 9.79. The molecule has 2 unspecified atom stereocenters. The van der Waals surface area contributed by atoms with Gasteiger partial charge in [0.05, 0.1) is 0 Å². The number of nitrogens with zero attached hydrogens (tertiary/aromatic N) is 1. The summed E-state index contributed by atoms with van der Waals surface area (Å²) in [6.45, 7) is 20.2. The highest BCUT2D eigenvalue weighted by molar-refractivity contribution is 4.95. The number of unbranched alkanes of at least 4 members (excludes halogenated alkanes) is 4. The van der Waals surface area contributed by atoms with Gasteiger partial charge in [-0.3, -0.25) is 4.90 Å². The van der Waals surface area contributed by atoms with Crippen molar-refractivity contribution in [1.29, 1.82) is 0 Å². The van der Waals surface area contributed by atoms with E-state index < -0.39 is 0 Å². The first-order valence-electron chi connectivity index (χ1n) is 9.13. The van der Waals surface area contributed by atoms with Crippen molar-refractivity contribution in [3.63, 3.8) is 0 Å². The molecule has 0 aromatic heterocycles. The van der Waals surface area contributed by atoms with Gasteiger partial charge < -0.3 is 5.32 Å². The van der Waals surface area contributed by atoms with Crippen LogP contribution < -0.4 is 5.32 Å². The molecule has 21 heavy (non-hydrogen) atoms. The van der Waals surface area contributed by atoms with E-state index in [-0.39, 0.29) is 0 Å². The summed E-state index contributed by atoms with van der Waals surface area (Å²) in [5.41, 5.74) is 0.711. The van der Waals surface area contributed by atoms with Crippen LogP contribution in [0.4, 0.5) is 0 Å². The highest BCUT2D eigenvalue weighted by atomic mass is 15.2. The molecule has 0 amide bonds. The van der Waals surface area contributed by atoms with Crippen molar-refractivity contribution in [3.05, 3.63) is 0 Å². The lowest BCUT2D eigenvalue weighted by Gasteiger charge is -2.49. The fourth-order valence-corrected chi connectivity index (χ4v) is 3.41. The van der Waals surface area contributed by atoms with Gasteiger partial charge in [0.2, 0.25) is 0 Å². The predicted molar refractivity (Wildman–Crippen MR) is 94.8 cm³/mol. The maximum absolute atomic E-state index is 3.81. The molecule has 0 aromatic carbocycles. The molecule has 2 nitrogen and oxygen atoms in total. The summed E-state index contributed by atoms with van der Waals surface area (Å²) < 4.78 is 0. The predicted octanol–water partition coefficient (Wildman–Crippen LogP) is 4.69. The SMILES string of the molecule is CCCCCCCN1CC(C(C)(C)C)NCC1C(C)(C)C. The Morgan fingerprint density at radius 3 is 2.05 bits per heavy atom. The number of nitrogens with one attached hydrogen (secondary N) is 1. The van der Waals surface area contributed by atoms with Gasteiger partial charge >= 0.3 is 0 Å². The van der Waals surface area contributed by atoms with Gasteiger partial charge in [0.25, 0.3) is 0 Å². The minimum absolute atomic E-state index is 0.351. The van der Waals surface area contributed by atoms with E-state index >= 15 is 0 Å². The van der Waals surface area contributed by atoms with E-state index in [1.807, 2.05) is 0 Å². The lowest BCUT2D eigenvalue weighted by molar-refractivity contribution is 0.0294. The van der Waals surface area contributed by atoms with Gasteiger partial charge in [0, 0.05) is 25.2 Å². The number of rotatable bonds is 6. The van der Waals surface area contributed by atoms with Crippen molar-refractivity contribution >= 4 is 0 Å². The van der Waals surface area contributed by atoms with Gasteiger partial charge in [-0.15, -0.1) is 0 Å². The zero-order valence-electron chi connectivity index (χ0n) is 15.8. The first kappa shape index (κ1) is 19.0. The summed E-state index contributed by atoms with van der Waals surface area (Å²) in [4.78, 5) is 2.78. The van der Waals surface area contributed by atoms with Crippen LogP contribution in [0.25, 0.3) is 0 Å². The largest absolute Gasteiger partial charge is 0.311 e. The molecule has 126 valence electrons. The van der Waals surface area contributed by atoms with Crippen LogP contribution in [0, 0.1) is 10.8 Å². The molecule has 2 heteroatoms. The Labute approximate surface area is 134 Å². The summed E-state index contributed by atoms with van der Waals surface area (Å²) in [6, 6.07) is 1.29. The molecule has 0 aliphatic carbocycles. The van der Waals surface area contributed by atoms with Gasteiger partial charge in [-0.05, 0) is 23.8 Å². The van der Waals surface area contributed by atoms with Gasteiger partial charge in [0.1, 0.15) is 0 Å². The molecule has 2 atom stereocenters. The van der Waals surface area contributed by atoms with Crippen molar-refractivity contribution in [2.24, 2.45) is 10.8 Å². The smallest absolute Gasteiger partial charge is 0.0269 e. The Bertz CT molecular complexity index is 285. The molecule has 1 N–H and O–H groups in total. The molecule has 1 saturated heterocycles. The summed E-state index contributed by atoms with van der Waals surface area (Å²) in [5.74, 6) is 0. The summed E-state index contributed by atoms with van der Waals surface area (Å²) in [7, 11) is 0. The number of hydrogen-bond acceptors (Lipinski definition) is 2. The van der Waals surface area contributed by atoms with E-state index in [9.17, 15) is 0 Å². The lowest BCUT2D eigenvalue weighted by Crippen LogP contribution is -2.63. The van der Waals surface area contributed by atoms with Crippen LogP contribution in [0.15, 0.2) is 0 Å². The third kappa shape index (κ3) is 6.28. The highest BCUT2D eigenvalue weighted by Crippen LogP contribution is 2.30. The Morgan fingerprint density at radius 2 is 1.52 bits per heavy atom. The van der Waals surface area contributed by atoms with E-state index in [1.165, 1.54) is 45.2 Å². The van der Waals surface area contributed by atoms with Crippen LogP contribution in [0.1, 0.15) is 80.6 Å². The Morgan fingerprint density at radius 1 is 0.905 bits per heavy atom. The molecular weight excluding hydrogens is 256 g/mol. The molecule has 0 radical (unpaired) electrons. The van der Waals surface area contributed by atoms with Crippen molar-refractivity contribution in [3.8, 4) is 0 Å². The van der Waals surface area contributed by atoms with Crippen molar-refractivity contribution in [2.75, 3.05) is 19.6 Å². The van der Waals surface area contributed by atoms with Crippen LogP contribution in [0.3, 0.4) is 0 Å². The van der Waals surface area contributed by atoms with Crippen LogP contribution in [0.5, 0.6) is 0 Å². The van der Waals surface area contributed by atoms with Crippen molar-refractivity contribution in [1.82, 2.24) is 10.2 Å². The van der Waals surface area contributed by atoms with E-state index in [0.29, 0.717) is 22.9 Å². The van der Waals surface area contributed by atoms with Gasteiger partial charge in [-0.2, -0.15) is 0 Å². The van der Waals surface area contributed by atoms with Crippen molar-refractivity contribution < 1.29 is 0 Å². The second kappa shape index (κ2) is 7.97. The molecule has 1 fully saturated rings. The normalized spacial score (nSPS) is 25.3. The zero-order valence-corrected chi connectivity index (χ0v) is 15.8. The fraction of sp³-hybridized carbons (Fsp3) is 1.00. The molecule has 1 heterocycles. The minimum Gasteiger partial charge on any atom is -0.311 e. The zero-order chi connectivity index (χ0) is 16.1. The maximum Gasteiger partial charge on any atom is 0.0269 e. The van der Waals surface area contributed by atoms with E-state index in [2.05, 4.69) is 58.7 Å². The molecule has 1 aliphatic rings. The van der Waals surface area contributed by atoms with Crippen LogP contribution >= 0.6 is 0 Å². The summed E-state index contributed by atoms with van der Waals surface area (Å²) in [5, 5.41) is 3.81. The number of hydrogen-bond donors (Lipinski definition) is 1. The van der Waals surface area contributed by atoms with Crippen LogP contribution in [0.2, 0.25) is 0 Å². The Hall–Kier alpha value is -0.0800. The number of piperazine rings is 1. The standard InChI is InChI=1S/C19H40N2/c1-8-9-10-11-12-13-21-15-16(18(2,3)4)20-14-17(21)19(5,6)7/h16-17,20H,8-15H2,1-7H3. The van der Waals surface area contributed by atoms with E-state index in [1.54, 1.807) is 0 Å². The van der Waals surface area contributed by atoms with Gasteiger partial charge in [0.15, 0.2) is 0 Å². The summed E-state index contributed by atoms with van der Waals surface area (Å²) in [6.07, 6.45) is 6.91. The third-order valence-electron chi connectivity index (χ3n) is 5.01. The minimum atomic E-state index is 0.351. The first-order valence-corrected chi connectivity index (χ1v) is 9.13. The second-order valence-electron chi connectivity index (χ2n) is 9.12. The third-order valence-corrected chi connectivity index (χ3v) is 5.01. The molecule has 0 spiro atoms. The van der Waals surface area contributed by atoms with Crippen LogP contribution in [-0.2, 0) is 0 Å². The quantitative estimate of drug-likeness (QED) is 0.715. The molecule has 0 bridgehead atoms. The molecular formula is C19H40N2. The van der Waals surface area contributed by atoms with E-state index in [0.717, 1.165) is 6.54 Å². The average molecular weight is 297 g/mol. The van der Waals surface area contributed by atoms with Crippen molar-refractivity contribution in [2.45, 2.75) is 92.7 Å². The molecule has 0 aromatic rings. The van der Waals surface area contributed by atoms with Crippen LogP contribution in [-0.4, -0.2) is 36.6 Å². The molecule has 0 saturated carbocycles. The summed E-state index contributed by atoms with van der Waals surface area (Å²) >= 11 is 0. The topological polar surface area (TPSA) is 15.3 Å². The highest BCUT2D eigenvalue weighted by Gasteiger charge is 2.38. The van der Waals surface area contributed by atoms with Gasteiger partial charge in [-0.1, -0.05) is 74.1 Å². The molecule has 1 aliphatic heterocycles.